The Kier molecular flexibility index (Phi) is 5.58. The lowest BCUT2D eigenvalue weighted by Crippen LogP contribution is -2.18. The van der Waals surface area contributed by atoms with Crippen LogP contribution in [0.4, 0.5) is 0 Å². The van der Waals surface area contributed by atoms with Crippen molar-refractivity contribution in [2.24, 2.45) is 0 Å². The minimum absolute atomic E-state index is 0.352. The fourth-order valence-electron chi connectivity index (χ4n) is 2.98. The smallest absolute Gasteiger partial charge is 0.336 e. The van der Waals surface area contributed by atoms with Crippen molar-refractivity contribution in [3.05, 3.63) is 70.1 Å². The Balaban J connectivity index is 1.78. The third-order valence-corrected chi connectivity index (χ3v) is 4.16. The monoisotopic (exact) mass is 353 g/mol. The Bertz CT molecular complexity index is 931. The summed E-state index contributed by atoms with van der Waals surface area (Å²) in [6.07, 6.45) is 0. The van der Waals surface area contributed by atoms with Crippen LogP contribution in [0.3, 0.4) is 0 Å². The van der Waals surface area contributed by atoms with Crippen LogP contribution >= 0.6 is 0 Å². The highest BCUT2D eigenvalue weighted by atomic mass is 16.5. The average molecular weight is 353 g/mol. The summed E-state index contributed by atoms with van der Waals surface area (Å²) in [5, 5.41) is 0.920. The molecule has 5 nitrogen and oxygen atoms in total. The molecule has 2 aromatic carbocycles. The van der Waals surface area contributed by atoms with Crippen LogP contribution in [0.2, 0.25) is 0 Å². The minimum Gasteiger partial charge on any atom is -0.497 e. The number of rotatable bonds is 7. The van der Waals surface area contributed by atoms with Gasteiger partial charge in [0.1, 0.15) is 17.1 Å². The highest BCUT2D eigenvalue weighted by molar-refractivity contribution is 5.81. The van der Waals surface area contributed by atoms with Crippen LogP contribution < -0.4 is 15.1 Å². The van der Waals surface area contributed by atoms with E-state index < -0.39 is 0 Å². The number of methoxy groups -OCH3 is 1. The zero-order chi connectivity index (χ0) is 18.5. The average Bonchev–Trinajstić information content (AvgIpc) is 2.62. The van der Waals surface area contributed by atoms with E-state index in [1.807, 2.05) is 38.2 Å². The van der Waals surface area contributed by atoms with E-state index in [1.165, 1.54) is 5.56 Å². The fourth-order valence-corrected chi connectivity index (χ4v) is 2.98. The summed E-state index contributed by atoms with van der Waals surface area (Å²) >= 11 is 0. The molecule has 0 atom stereocenters. The van der Waals surface area contributed by atoms with Gasteiger partial charge in [-0.25, -0.2) is 4.79 Å². The second-order valence-electron chi connectivity index (χ2n) is 6.20. The molecule has 136 valence electrons. The van der Waals surface area contributed by atoms with E-state index >= 15 is 0 Å². The van der Waals surface area contributed by atoms with Crippen LogP contribution in [-0.2, 0) is 13.1 Å². The lowest BCUT2D eigenvalue weighted by Gasteiger charge is -2.18. The summed E-state index contributed by atoms with van der Waals surface area (Å²) in [5.74, 6) is 1.54. The first-order chi connectivity index (χ1) is 12.6. The molecule has 0 amide bonds. The number of hydrogen-bond donors (Lipinski definition) is 0. The maximum absolute atomic E-state index is 11.9. The Morgan fingerprint density at radius 1 is 1.00 bits per heavy atom. The van der Waals surface area contributed by atoms with E-state index in [-0.39, 0.29) is 5.63 Å². The second-order valence-corrected chi connectivity index (χ2v) is 6.20. The molecule has 5 heteroatoms. The molecule has 1 aromatic heterocycles. The van der Waals surface area contributed by atoms with Crippen LogP contribution in [0.25, 0.3) is 11.0 Å². The van der Waals surface area contributed by atoms with Gasteiger partial charge >= 0.3 is 5.63 Å². The van der Waals surface area contributed by atoms with Crippen molar-refractivity contribution < 1.29 is 13.9 Å². The van der Waals surface area contributed by atoms with Crippen molar-refractivity contribution in [3.63, 3.8) is 0 Å². The first-order valence-electron chi connectivity index (χ1n) is 8.60. The van der Waals surface area contributed by atoms with Crippen molar-refractivity contribution in [1.82, 2.24) is 4.90 Å². The van der Waals surface area contributed by atoms with Crippen LogP contribution in [0.15, 0.2) is 57.7 Å². The summed E-state index contributed by atoms with van der Waals surface area (Å²) in [6, 6.07) is 15.2. The first kappa shape index (κ1) is 18.0. The van der Waals surface area contributed by atoms with Gasteiger partial charge in [0.25, 0.3) is 0 Å². The van der Waals surface area contributed by atoms with E-state index in [0.29, 0.717) is 24.5 Å². The zero-order valence-corrected chi connectivity index (χ0v) is 15.3. The molecule has 3 aromatic rings. The number of ether oxygens (including phenoxy) is 2. The third-order valence-electron chi connectivity index (χ3n) is 4.16. The number of benzene rings is 2. The lowest BCUT2D eigenvalue weighted by molar-refractivity contribution is 0.318. The summed E-state index contributed by atoms with van der Waals surface area (Å²) < 4.78 is 16.0. The highest BCUT2D eigenvalue weighted by Crippen LogP contribution is 2.23. The number of hydrogen-bond acceptors (Lipinski definition) is 5. The molecule has 3 rings (SSSR count). The molecule has 0 aliphatic carbocycles. The van der Waals surface area contributed by atoms with E-state index in [1.54, 1.807) is 19.2 Å². The molecule has 0 unspecified atom stereocenters. The topological polar surface area (TPSA) is 51.9 Å². The van der Waals surface area contributed by atoms with Gasteiger partial charge in [0.2, 0.25) is 0 Å². The largest absolute Gasteiger partial charge is 0.497 e. The van der Waals surface area contributed by atoms with Gasteiger partial charge in [-0.3, -0.25) is 4.90 Å². The molecule has 0 saturated carbocycles. The van der Waals surface area contributed by atoms with Gasteiger partial charge in [0.15, 0.2) is 0 Å². The quantitative estimate of drug-likeness (QED) is 0.604. The molecule has 0 bridgehead atoms. The molecule has 0 radical (unpaired) electrons. The number of nitrogens with zero attached hydrogens (tertiary/aromatic N) is 1. The zero-order valence-electron chi connectivity index (χ0n) is 15.3. The van der Waals surface area contributed by atoms with Gasteiger partial charge in [-0.05, 0) is 49.4 Å². The van der Waals surface area contributed by atoms with Crippen molar-refractivity contribution >= 4 is 11.0 Å². The Morgan fingerprint density at radius 2 is 1.73 bits per heavy atom. The van der Waals surface area contributed by atoms with Gasteiger partial charge in [0, 0.05) is 30.6 Å². The standard InChI is InChI=1S/C21H23NO4/c1-4-25-17-7-5-15(6-8-17)13-22(2)14-16-11-21(23)26-20-12-18(24-3)9-10-19(16)20/h5-12H,4,13-14H2,1-3H3. The normalized spacial score (nSPS) is 11.1. The van der Waals surface area contributed by atoms with Gasteiger partial charge < -0.3 is 13.9 Å². The van der Waals surface area contributed by atoms with Gasteiger partial charge in [-0.15, -0.1) is 0 Å². The fraction of sp³-hybridized carbons (Fsp3) is 0.286. The SMILES string of the molecule is CCOc1ccc(CN(C)Cc2cc(=O)oc3cc(OC)ccc23)cc1. The predicted octanol–water partition coefficient (Wildman–Crippen LogP) is 3.83. The molecule has 0 N–H and O–H groups in total. The Morgan fingerprint density at radius 3 is 2.42 bits per heavy atom. The molecular formula is C21H23NO4. The lowest BCUT2D eigenvalue weighted by atomic mass is 10.1. The molecule has 26 heavy (non-hydrogen) atoms. The molecule has 0 aliphatic rings. The first-order valence-corrected chi connectivity index (χ1v) is 8.60. The van der Waals surface area contributed by atoms with Crippen LogP contribution in [-0.4, -0.2) is 25.7 Å². The molecular weight excluding hydrogens is 330 g/mol. The van der Waals surface area contributed by atoms with E-state index in [0.717, 1.165) is 23.2 Å². The summed E-state index contributed by atoms with van der Waals surface area (Å²) in [4.78, 5) is 14.1. The molecule has 0 saturated heterocycles. The van der Waals surface area contributed by atoms with Crippen molar-refractivity contribution in [2.45, 2.75) is 20.0 Å². The van der Waals surface area contributed by atoms with E-state index in [4.69, 9.17) is 13.9 Å². The van der Waals surface area contributed by atoms with Gasteiger partial charge in [-0.1, -0.05) is 12.1 Å². The van der Waals surface area contributed by atoms with E-state index in [2.05, 4.69) is 17.0 Å². The summed E-state index contributed by atoms with van der Waals surface area (Å²) in [6.45, 7) is 4.04. The summed E-state index contributed by atoms with van der Waals surface area (Å²) in [5.41, 5.74) is 2.31. The Labute approximate surface area is 152 Å². The van der Waals surface area contributed by atoms with Gasteiger partial charge in [-0.2, -0.15) is 0 Å². The Hall–Kier alpha value is -2.79. The maximum atomic E-state index is 11.9. The van der Waals surface area contributed by atoms with Gasteiger partial charge in [0.05, 0.1) is 13.7 Å². The molecule has 0 spiro atoms. The second kappa shape index (κ2) is 8.06. The van der Waals surface area contributed by atoms with Crippen molar-refractivity contribution in [3.8, 4) is 11.5 Å². The molecule has 0 fully saturated rings. The predicted molar refractivity (Wildman–Crippen MR) is 102 cm³/mol. The van der Waals surface area contributed by atoms with Crippen molar-refractivity contribution in [2.75, 3.05) is 20.8 Å². The highest BCUT2D eigenvalue weighted by Gasteiger charge is 2.10. The minimum atomic E-state index is -0.352. The third kappa shape index (κ3) is 4.24. The molecule has 1 heterocycles. The maximum Gasteiger partial charge on any atom is 0.336 e. The molecule has 0 aliphatic heterocycles. The summed E-state index contributed by atoms with van der Waals surface area (Å²) in [7, 11) is 3.62. The van der Waals surface area contributed by atoms with Crippen LogP contribution in [0.5, 0.6) is 11.5 Å². The van der Waals surface area contributed by atoms with E-state index in [9.17, 15) is 4.79 Å². The van der Waals surface area contributed by atoms with Crippen LogP contribution in [0, 0.1) is 0 Å². The van der Waals surface area contributed by atoms with Crippen molar-refractivity contribution in [1.29, 1.82) is 0 Å². The number of fused-ring (bicyclic) bond motifs is 1. The van der Waals surface area contributed by atoms with Crippen LogP contribution in [0.1, 0.15) is 18.1 Å².